The van der Waals surface area contributed by atoms with Crippen molar-refractivity contribution in [3.63, 3.8) is 0 Å². The topological polar surface area (TPSA) is 119 Å². The molecule has 9 nitrogen and oxygen atoms in total. The van der Waals surface area contributed by atoms with Gasteiger partial charge in [0.05, 0.1) is 33.4 Å². The molecule has 3 rings (SSSR count). The van der Waals surface area contributed by atoms with Gasteiger partial charge in [0, 0.05) is 6.07 Å². The predicted molar refractivity (Wildman–Crippen MR) is 125 cm³/mol. The Labute approximate surface area is 196 Å². The summed E-state index contributed by atoms with van der Waals surface area (Å²) in [4.78, 5) is 23.3. The standard InChI is InChI=1S/C23H22FN3O6S/c1-3-33-19-11-9-18(10-12-19)26(34(31,32)20-13-7-17(24)8-14-20)15-23(28)25-21-5-4-6-22(16(21)2)27(29)30/h4-14H,3,15H2,1-2H3,(H,25,28). The molecule has 0 aliphatic heterocycles. The van der Waals surface area contributed by atoms with E-state index in [0.717, 1.165) is 28.6 Å². The number of carbonyl (C=O) groups excluding carboxylic acids is 1. The lowest BCUT2D eigenvalue weighted by atomic mass is 10.1. The van der Waals surface area contributed by atoms with Crippen LogP contribution < -0.4 is 14.4 Å². The van der Waals surface area contributed by atoms with Gasteiger partial charge >= 0.3 is 0 Å². The lowest BCUT2D eigenvalue weighted by Crippen LogP contribution is -2.38. The summed E-state index contributed by atoms with van der Waals surface area (Å²) < 4.78 is 46.3. The summed E-state index contributed by atoms with van der Waals surface area (Å²) in [6, 6.07) is 14.5. The number of rotatable bonds is 9. The Kier molecular flexibility index (Phi) is 7.47. The van der Waals surface area contributed by atoms with Gasteiger partial charge in [-0.3, -0.25) is 19.2 Å². The molecule has 0 spiro atoms. The molecule has 0 radical (unpaired) electrons. The second kappa shape index (κ2) is 10.3. The van der Waals surface area contributed by atoms with Crippen LogP contribution in [0.5, 0.6) is 5.75 Å². The van der Waals surface area contributed by atoms with Crippen LogP contribution in [0, 0.1) is 22.9 Å². The molecule has 34 heavy (non-hydrogen) atoms. The smallest absolute Gasteiger partial charge is 0.274 e. The lowest BCUT2D eigenvalue weighted by molar-refractivity contribution is -0.385. The highest BCUT2D eigenvalue weighted by molar-refractivity contribution is 7.92. The number of nitro benzene ring substituents is 1. The van der Waals surface area contributed by atoms with Crippen molar-refractivity contribution < 1.29 is 27.3 Å². The molecule has 3 aromatic rings. The first kappa shape index (κ1) is 24.6. The van der Waals surface area contributed by atoms with E-state index in [0.29, 0.717) is 12.4 Å². The van der Waals surface area contributed by atoms with Gasteiger partial charge in [0.15, 0.2) is 0 Å². The van der Waals surface area contributed by atoms with Gasteiger partial charge in [0.1, 0.15) is 18.1 Å². The molecular weight excluding hydrogens is 465 g/mol. The minimum atomic E-state index is -4.26. The van der Waals surface area contributed by atoms with Gasteiger partial charge in [-0.1, -0.05) is 6.07 Å². The molecule has 0 heterocycles. The maximum Gasteiger partial charge on any atom is 0.274 e. The van der Waals surface area contributed by atoms with Crippen LogP contribution in [0.2, 0.25) is 0 Å². The number of sulfonamides is 1. The summed E-state index contributed by atoms with van der Waals surface area (Å²) in [6.07, 6.45) is 0. The van der Waals surface area contributed by atoms with Gasteiger partial charge in [-0.15, -0.1) is 0 Å². The number of amides is 1. The van der Waals surface area contributed by atoms with Gasteiger partial charge in [0.25, 0.3) is 15.7 Å². The summed E-state index contributed by atoms with van der Waals surface area (Å²) in [7, 11) is -4.26. The van der Waals surface area contributed by atoms with Gasteiger partial charge in [-0.2, -0.15) is 0 Å². The molecule has 0 bridgehead atoms. The van der Waals surface area contributed by atoms with Gasteiger partial charge in [0.2, 0.25) is 5.91 Å². The van der Waals surface area contributed by atoms with Crippen LogP contribution in [-0.4, -0.2) is 32.4 Å². The SMILES string of the molecule is CCOc1ccc(N(CC(=O)Nc2cccc([N+](=O)[O-])c2C)S(=O)(=O)c2ccc(F)cc2)cc1. The quantitative estimate of drug-likeness (QED) is 0.356. The molecule has 0 aliphatic carbocycles. The largest absolute Gasteiger partial charge is 0.494 e. The van der Waals surface area contributed by atoms with Crippen LogP contribution in [0.15, 0.2) is 71.6 Å². The van der Waals surface area contributed by atoms with E-state index in [-0.39, 0.29) is 27.5 Å². The van der Waals surface area contributed by atoms with E-state index in [1.54, 1.807) is 19.1 Å². The van der Waals surface area contributed by atoms with Gasteiger partial charge < -0.3 is 10.1 Å². The summed E-state index contributed by atoms with van der Waals surface area (Å²) in [5, 5.41) is 13.7. The summed E-state index contributed by atoms with van der Waals surface area (Å²) in [5.74, 6) is -0.810. The van der Waals surface area contributed by atoms with Crippen molar-refractivity contribution in [3.8, 4) is 5.75 Å². The van der Waals surface area contributed by atoms with Crippen LogP contribution >= 0.6 is 0 Å². The Hall–Kier alpha value is -3.99. The Morgan fingerprint density at radius 3 is 2.32 bits per heavy atom. The number of halogens is 1. The number of nitrogens with zero attached hydrogens (tertiary/aromatic N) is 2. The van der Waals surface area contributed by atoms with E-state index in [1.807, 2.05) is 0 Å². The molecule has 0 fully saturated rings. The monoisotopic (exact) mass is 487 g/mol. The van der Waals surface area contributed by atoms with E-state index in [1.165, 1.54) is 37.3 Å². The highest BCUT2D eigenvalue weighted by Crippen LogP contribution is 2.28. The number of ether oxygens (including phenoxy) is 1. The average Bonchev–Trinajstić information content (AvgIpc) is 2.80. The number of carbonyl (C=O) groups is 1. The van der Waals surface area contributed by atoms with Crippen molar-refractivity contribution in [2.24, 2.45) is 0 Å². The zero-order chi connectivity index (χ0) is 24.9. The fourth-order valence-corrected chi connectivity index (χ4v) is 4.62. The second-order valence-electron chi connectivity index (χ2n) is 7.15. The third-order valence-electron chi connectivity index (χ3n) is 4.90. The Bertz CT molecular complexity index is 1300. The average molecular weight is 488 g/mol. The molecule has 0 aromatic heterocycles. The molecule has 3 aromatic carbocycles. The Morgan fingerprint density at radius 1 is 1.09 bits per heavy atom. The Balaban J connectivity index is 1.95. The van der Waals surface area contributed by atoms with Crippen molar-refractivity contribution in [1.82, 2.24) is 0 Å². The number of anilines is 2. The molecule has 0 unspecified atom stereocenters. The minimum absolute atomic E-state index is 0.179. The molecular formula is C23H22FN3O6S. The zero-order valence-corrected chi connectivity index (χ0v) is 19.2. The highest BCUT2D eigenvalue weighted by atomic mass is 32.2. The third kappa shape index (κ3) is 5.49. The normalized spacial score (nSPS) is 11.0. The first-order valence-electron chi connectivity index (χ1n) is 10.2. The highest BCUT2D eigenvalue weighted by Gasteiger charge is 2.28. The maximum absolute atomic E-state index is 13.4. The molecule has 0 atom stereocenters. The van der Waals surface area contributed by atoms with E-state index in [4.69, 9.17) is 4.74 Å². The zero-order valence-electron chi connectivity index (χ0n) is 18.4. The van der Waals surface area contributed by atoms with Crippen LogP contribution in [0.3, 0.4) is 0 Å². The predicted octanol–water partition coefficient (Wildman–Crippen LogP) is 4.28. The first-order chi connectivity index (χ1) is 16.1. The number of hydrogen-bond donors (Lipinski definition) is 1. The number of nitrogens with one attached hydrogen (secondary N) is 1. The van der Waals surface area contributed by atoms with Crippen molar-refractivity contribution >= 4 is 33.0 Å². The van der Waals surface area contributed by atoms with Crippen LogP contribution in [0.25, 0.3) is 0 Å². The molecule has 1 amide bonds. The maximum atomic E-state index is 13.4. The van der Waals surface area contributed by atoms with Crippen LogP contribution in [0.4, 0.5) is 21.5 Å². The van der Waals surface area contributed by atoms with Crippen molar-refractivity contribution in [3.05, 3.63) is 88.2 Å². The van der Waals surface area contributed by atoms with Crippen molar-refractivity contribution in [2.45, 2.75) is 18.7 Å². The number of nitro groups is 1. The van der Waals surface area contributed by atoms with Crippen LogP contribution in [0.1, 0.15) is 12.5 Å². The lowest BCUT2D eigenvalue weighted by Gasteiger charge is -2.24. The van der Waals surface area contributed by atoms with E-state index in [2.05, 4.69) is 5.32 Å². The third-order valence-corrected chi connectivity index (χ3v) is 6.69. The molecule has 178 valence electrons. The summed E-state index contributed by atoms with van der Waals surface area (Å²) in [6.45, 7) is 3.07. The molecule has 0 saturated heterocycles. The first-order valence-corrected chi connectivity index (χ1v) is 11.6. The summed E-state index contributed by atoms with van der Waals surface area (Å²) in [5.41, 5.74) is 0.415. The molecule has 1 N–H and O–H groups in total. The van der Waals surface area contributed by atoms with Crippen molar-refractivity contribution in [1.29, 1.82) is 0 Å². The van der Waals surface area contributed by atoms with Crippen LogP contribution in [-0.2, 0) is 14.8 Å². The van der Waals surface area contributed by atoms with Gasteiger partial charge in [-0.05, 0) is 68.4 Å². The number of hydrogen-bond acceptors (Lipinski definition) is 6. The van der Waals surface area contributed by atoms with Crippen molar-refractivity contribution in [2.75, 3.05) is 22.8 Å². The molecule has 11 heteroatoms. The van der Waals surface area contributed by atoms with E-state index >= 15 is 0 Å². The second-order valence-corrected chi connectivity index (χ2v) is 9.01. The fourth-order valence-electron chi connectivity index (χ4n) is 3.20. The van der Waals surface area contributed by atoms with Gasteiger partial charge in [-0.25, -0.2) is 12.8 Å². The van der Waals surface area contributed by atoms with E-state index in [9.17, 15) is 27.7 Å². The molecule has 0 aliphatic rings. The fraction of sp³-hybridized carbons (Fsp3) is 0.174. The minimum Gasteiger partial charge on any atom is -0.494 e. The molecule has 0 saturated carbocycles. The van der Waals surface area contributed by atoms with E-state index < -0.39 is 33.2 Å². The number of benzene rings is 3. The summed E-state index contributed by atoms with van der Waals surface area (Å²) >= 11 is 0. The Morgan fingerprint density at radius 2 is 1.74 bits per heavy atom.